The minimum atomic E-state index is -0.148. The second-order valence-corrected chi connectivity index (χ2v) is 2.50. The first-order valence-electron chi connectivity index (χ1n) is 3.92. The first kappa shape index (κ1) is 9.26. The molecule has 1 aromatic rings. The van der Waals surface area contributed by atoms with Gasteiger partial charge in [0.15, 0.2) is 0 Å². The van der Waals surface area contributed by atoms with Crippen molar-refractivity contribution in [3.63, 3.8) is 0 Å². The van der Waals surface area contributed by atoms with Crippen LogP contribution in [0.15, 0.2) is 43.6 Å². The summed E-state index contributed by atoms with van der Waals surface area (Å²) in [6, 6.07) is 7.17. The molecule has 0 saturated heterocycles. The Morgan fingerprint density at radius 3 is 2.31 bits per heavy atom. The van der Waals surface area contributed by atoms with Crippen molar-refractivity contribution in [1.29, 1.82) is 0 Å². The van der Waals surface area contributed by atoms with E-state index in [0.717, 1.165) is 5.56 Å². The van der Waals surface area contributed by atoms with Crippen LogP contribution in [0, 0.1) is 0 Å². The van der Waals surface area contributed by atoms with Crippen LogP contribution >= 0.6 is 0 Å². The van der Waals surface area contributed by atoms with Crippen molar-refractivity contribution in [3.05, 3.63) is 54.8 Å². The lowest BCUT2D eigenvalue weighted by Crippen LogP contribution is -2.16. The van der Waals surface area contributed by atoms with Gasteiger partial charge >= 0.3 is 0 Å². The van der Waals surface area contributed by atoms with E-state index in [1.54, 1.807) is 18.2 Å². The highest BCUT2D eigenvalue weighted by molar-refractivity contribution is 5.94. The third kappa shape index (κ3) is 2.30. The van der Waals surface area contributed by atoms with Gasteiger partial charge in [0, 0.05) is 5.56 Å². The summed E-state index contributed by atoms with van der Waals surface area (Å²) in [7, 11) is 0. The maximum absolute atomic E-state index is 11.2. The summed E-state index contributed by atoms with van der Waals surface area (Å²) in [5, 5.41) is 2.50. The topological polar surface area (TPSA) is 29.1 Å². The third-order valence-corrected chi connectivity index (χ3v) is 1.64. The molecule has 66 valence electrons. The van der Waals surface area contributed by atoms with Gasteiger partial charge in [-0.2, -0.15) is 0 Å². The Hall–Kier alpha value is -1.83. The third-order valence-electron chi connectivity index (χ3n) is 1.64. The second kappa shape index (κ2) is 4.26. The smallest absolute Gasteiger partial charge is 0.255 e. The lowest BCUT2D eigenvalue weighted by molar-refractivity contribution is 0.0970. The minimum Gasteiger partial charge on any atom is -0.329 e. The fraction of sp³-hybridized carbons (Fsp3) is 0. The lowest BCUT2D eigenvalue weighted by Gasteiger charge is -1.99. The van der Waals surface area contributed by atoms with E-state index in [9.17, 15) is 4.79 Å². The molecule has 0 heterocycles. The zero-order chi connectivity index (χ0) is 9.68. The molecule has 0 unspecified atom stereocenters. The molecule has 2 nitrogen and oxygen atoms in total. The molecule has 0 fully saturated rings. The van der Waals surface area contributed by atoms with Crippen LogP contribution in [0.5, 0.6) is 0 Å². The van der Waals surface area contributed by atoms with Crippen molar-refractivity contribution in [3.8, 4) is 0 Å². The maximum Gasteiger partial charge on any atom is 0.255 e. The van der Waals surface area contributed by atoms with E-state index in [-0.39, 0.29) is 5.91 Å². The number of rotatable bonds is 3. The maximum atomic E-state index is 11.2. The van der Waals surface area contributed by atoms with Crippen molar-refractivity contribution in [2.24, 2.45) is 0 Å². The average Bonchev–Trinajstić information content (AvgIpc) is 2.18. The van der Waals surface area contributed by atoms with Gasteiger partial charge in [0.1, 0.15) is 0 Å². The largest absolute Gasteiger partial charge is 0.329 e. The number of nitrogens with one attached hydrogen (secondary N) is 1. The van der Waals surface area contributed by atoms with Crippen molar-refractivity contribution in [2.45, 2.75) is 0 Å². The molecule has 2 heteroatoms. The predicted molar refractivity (Wildman–Crippen MR) is 54.2 cm³/mol. The van der Waals surface area contributed by atoms with E-state index in [1.165, 1.54) is 6.20 Å². The molecule has 1 amide bonds. The molecule has 0 atom stereocenters. The van der Waals surface area contributed by atoms with E-state index >= 15 is 0 Å². The lowest BCUT2D eigenvalue weighted by atomic mass is 10.1. The van der Waals surface area contributed by atoms with Crippen LogP contribution in [0.3, 0.4) is 0 Å². The van der Waals surface area contributed by atoms with Crippen LogP contribution in [-0.2, 0) is 0 Å². The number of carbonyl (C=O) groups is 1. The summed E-state index contributed by atoms with van der Waals surface area (Å²) < 4.78 is 0. The Labute approximate surface area is 77.6 Å². The Morgan fingerprint density at radius 1 is 1.23 bits per heavy atom. The second-order valence-electron chi connectivity index (χ2n) is 2.50. The van der Waals surface area contributed by atoms with Gasteiger partial charge in [0.25, 0.3) is 5.91 Å². The molecule has 0 bridgehead atoms. The fourth-order valence-electron chi connectivity index (χ4n) is 0.947. The predicted octanol–water partition coefficient (Wildman–Crippen LogP) is 2.20. The number of carbonyl (C=O) groups excluding carboxylic acids is 1. The number of hydrogen-bond donors (Lipinski definition) is 1. The van der Waals surface area contributed by atoms with Gasteiger partial charge in [-0.05, 0) is 23.9 Å². The Morgan fingerprint density at radius 2 is 1.85 bits per heavy atom. The summed E-state index contributed by atoms with van der Waals surface area (Å²) in [5.41, 5.74) is 1.61. The zero-order valence-corrected chi connectivity index (χ0v) is 7.29. The van der Waals surface area contributed by atoms with Crippen LogP contribution in [0.25, 0.3) is 6.08 Å². The van der Waals surface area contributed by atoms with Crippen molar-refractivity contribution in [2.75, 3.05) is 0 Å². The van der Waals surface area contributed by atoms with Crippen LogP contribution in [-0.4, -0.2) is 5.91 Å². The quantitative estimate of drug-likeness (QED) is 0.746. The van der Waals surface area contributed by atoms with Gasteiger partial charge in [0.2, 0.25) is 0 Å². The Kier molecular flexibility index (Phi) is 3.03. The highest BCUT2D eigenvalue weighted by Gasteiger charge is 2.00. The fourth-order valence-corrected chi connectivity index (χ4v) is 0.947. The van der Waals surface area contributed by atoms with E-state index in [4.69, 9.17) is 0 Å². The molecular weight excluding hydrogens is 162 g/mol. The van der Waals surface area contributed by atoms with Gasteiger partial charge < -0.3 is 5.32 Å². The first-order chi connectivity index (χ1) is 6.27. The van der Waals surface area contributed by atoms with Gasteiger partial charge in [-0.3, -0.25) is 4.79 Å². The molecule has 13 heavy (non-hydrogen) atoms. The number of benzene rings is 1. The van der Waals surface area contributed by atoms with Crippen molar-refractivity contribution < 1.29 is 4.79 Å². The molecule has 1 aromatic carbocycles. The molecule has 0 aliphatic carbocycles. The summed E-state index contributed by atoms with van der Waals surface area (Å²) >= 11 is 0. The first-order valence-corrected chi connectivity index (χ1v) is 3.92. The Bertz CT molecular complexity index is 324. The molecule has 0 aliphatic rings. The molecule has 0 spiro atoms. The SMILES string of the molecule is C=CNC(=O)c1ccc(C=C)cc1. The summed E-state index contributed by atoms with van der Waals surface area (Å²) in [4.78, 5) is 11.2. The standard InChI is InChI=1S/C11H11NO/c1-3-9-5-7-10(8-6-9)11(13)12-4-2/h3-8H,1-2H2,(H,12,13). The highest BCUT2D eigenvalue weighted by atomic mass is 16.1. The molecule has 1 N–H and O–H groups in total. The van der Waals surface area contributed by atoms with E-state index in [0.29, 0.717) is 5.56 Å². The highest BCUT2D eigenvalue weighted by Crippen LogP contribution is 2.04. The van der Waals surface area contributed by atoms with Gasteiger partial charge in [-0.25, -0.2) is 0 Å². The molecular formula is C11H11NO. The molecule has 0 radical (unpaired) electrons. The summed E-state index contributed by atoms with van der Waals surface area (Å²) in [5.74, 6) is -0.148. The zero-order valence-electron chi connectivity index (χ0n) is 7.29. The molecule has 0 aliphatic heterocycles. The van der Waals surface area contributed by atoms with Crippen molar-refractivity contribution in [1.82, 2.24) is 5.32 Å². The number of amides is 1. The monoisotopic (exact) mass is 173 g/mol. The minimum absolute atomic E-state index is 0.148. The normalized spacial score (nSPS) is 8.92. The average molecular weight is 173 g/mol. The molecule has 1 rings (SSSR count). The Balaban J connectivity index is 2.85. The van der Waals surface area contributed by atoms with E-state index in [2.05, 4.69) is 18.5 Å². The molecule has 0 saturated carbocycles. The van der Waals surface area contributed by atoms with E-state index < -0.39 is 0 Å². The van der Waals surface area contributed by atoms with Gasteiger partial charge in [-0.1, -0.05) is 31.4 Å². The van der Waals surface area contributed by atoms with Gasteiger partial charge in [0.05, 0.1) is 0 Å². The van der Waals surface area contributed by atoms with E-state index in [1.807, 2.05) is 12.1 Å². The summed E-state index contributed by atoms with van der Waals surface area (Å²) in [6.07, 6.45) is 3.10. The van der Waals surface area contributed by atoms with Crippen LogP contribution in [0.2, 0.25) is 0 Å². The number of hydrogen-bond acceptors (Lipinski definition) is 1. The van der Waals surface area contributed by atoms with Gasteiger partial charge in [-0.15, -0.1) is 0 Å². The van der Waals surface area contributed by atoms with Crippen LogP contribution in [0.4, 0.5) is 0 Å². The summed E-state index contributed by atoms with van der Waals surface area (Å²) in [6.45, 7) is 7.04. The van der Waals surface area contributed by atoms with Crippen LogP contribution in [0.1, 0.15) is 15.9 Å². The van der Waals surface area contributed by atoms with Crippen LogP contribution < -0.4 is 5.32 Å². The van der Waals surface area contributed by atoms with Crippen molar-refractivity contribution >= 4 is 12.0 Å². The molecule has 0 aromatic heterocycles.